The summed E-state index contributed by atoms with van der Waals surface area (Å²) in [5.74, 6) is 8.50. The van der Waals surface area contributed by atoms with Crippen LogP contribution in [0.25, 0.3) is 0 Å². The van der Waals surface area contributed by atoms with Crippen LogP contribution in [0.5, 0.6) is 0 Å². The maximum absolute atomic E-state index is 5.94. The van der Waals surface area contributed by atoms with Gasteiger partial charge in [0.2, 0.25) is 0 Å². The molecule has 0 aliphatic heterocycles. The average Bonchev–Trinajstić information content (AvgIpc) is 3.24. The lowest BCUT2D eigenvalue weighted by Crippen LogP contribution is -2.15. The fourth-order valence-electron chi connectivity index (χ4n) is 2.16. The molecule has 0 saturated heterocycles. The second kappa shape index (κ2) is 6.17. The van der Waals surface area contributed by atoms with Crippen LogP contribution in [0.2, 0.25) is 4.34 Å². The molecule has 2 heterocycles. The summed E-state index contributed by atoms with van der Waals surface area (Å²) in [7, 11) is 0. The number of anilines is 2. The highest BCUT2D eigenvalue weighted by molar-refractivity contribution is 7.16. The second-order valence-electron chi connectivity index (χ2n) is 5.21. The van der Waals surface area contributed by atoms with E-state index < -0.39 is 0 Å². The molecule has 0 amide bonds. The number of thiophene rings is 1. The first-order chi connectivity index (χ1) is 10.2. The number of aromatic nitrogens is 2. The van der Waals surface area contributed by atoms with Crippen molar-refractivity contribution in [1.82, 2.24) is 9.97 Å². The van der Waals surface area contributed by atoms with E-state index in [0.717, 1.165) is 34.5 Å². The monoisotopic (exact) mass is 323 g/mol. The summed E-state index contributed by atoms with van der Waals surface area (Å²) >= 11 is 7.55. The third kappa shape index (κ3) is 3.45. The normalized spacial score (nSPS) is 14.2. The van der Waals surface area contributed by atoms with Crippen LogP contribution in [0.15, 0.2) is 12.1 Å². The first-order valence-corrected chi connectivity index (χ1v) is 8.20. The van der Waals surface area contributed by atoms with Crippen LogP contribution < -0.4 is 16.6 Å². The van der Waals surface area contributed by atoms with Crippen molar-refractivity contribution in [1.29, 1.82) is 0 Å². The molecule has 7 heteroatoms. The summed E-state index contributed by atoms with van der Waals surface area (Å²) in [4.78, 5) is 10.4. The van der Waals surface area contributed by atoms with E-state index >= 15 is 0 Å². The Morgan fingerprint density at radius 2 is 2.10 bits per heavy atom. The maximum Gasteiger partial charge on any atom is 0.148 e. The third-order valence-electron chi connectivity index (χ3n) is 3.54. The van der Waals surface area contributed by atoms with Gasteiger partial charge in [0, 0.05) is 22.9 Å². The van der Waals surface area contributed by atoms with E-state index in [4.69, 9.17) is 17.4 Å². The Kier molecular flexibility index (Phi) is 4.28. The lowest BCUT2D eigenvalue weighted by atomic mass is 10.2. The lowest BCUT2D eigenvalue weighted by molar-refractivity contribution is 0.906. The van der Waals surface area contributed by atoms with Crippen molar-refractivity contribution in [2.45, 2.75) is 32.1 Å². The molecule has 0 bridgehead atoms. The number of nitrogens with one attached hydrogen (secondary N) is 2. The maximum atomic E-state index is 5.94. The van der Waals surface area contributed by atoms with Gasteiger partial charge in [0.1, 0.15) is 17.5 Å². The highest BCUT2D eigenvalue weighted by Gasteiger charge is 2.28. The van der Waals surface area contributed by atoms with E-state index in [2.05, 4.69) is 26.8 Å². The summed E-state index contributed by atoms with van der Waals surface area (Å²) in [6, 6.07) is 3.99. The SMILES string of the molecule is Cc1c(NN)nc(C2CC2)nc1NCCc1ccc(Cl)s1. The zero-order chi connectivity index (χ0) is 14.8. The molecule has 1 aliphatic rings. The number of nitrogen functional groups attached to an aromatic ring is 1. The molecule has 1 saturated carbocycles. The van der Waals surface area contributed by atoms with E-state index in [-0.39, 0.29) is 0 Å². The number of nitrogens with zero attached hydrogens (tertiary/aromatic N) is 2. The Hall–Kier alpha value is -1.37. The molecule has 5 nitrogen and oxygen atoms in total. The van der Waals surface area contributed by atoms with E-state index in [1.807, 2.05) is 13.0 Å². The topological polar surface area (TPSA) is 75.9 Å². The molecule has 112 valence electrons. The van der Waals surface area contributed by atoms with Gasteiger partial charge in [-0.25, -0.2) is 15.8 Å². The minimum Gasteiger partial charge on any atom is -0.369 e. The van der Waals surface area contributed by atoms with Crippen molar-refractivity contribution in [3.05, 3.63) is 32.7 Å². The van der Waals surface area contributed by atoms with Crippen LogP contribution in [0.1, 0.15) is 35.0 Å². The fraction of sp³-hybridized carbons (Fsp3) is 0.429. The smallest absolute Gasteiger partial charge is 0.148 e. The van der Waals surface area contributed by atoms with Gasteiger partial charge in [0.05, 0.1) is 4.34 Å². The summed E-state index contributed by atoms with van der Waals surface area (Å²) in [5, 5.41) is 3.39. The van der Waals surface area contributed by atoms with Crippen molar-refractivity contribution in [3.8, 4) is 0 Å². The molecule has 0 atom stereocenters. The second-order valence-corrected chi connectivity index (χ2v) is 7.00. The number of nitrogens with two attached hydrogens (primary N) is 1. The van der Waals surface area contributed by atoms with Crippen LogP contribution in [0.3, 0.4) is 0 Å². The van der Waals surface area contributed by atoms with E-state index in [1.165, 1.54) is 17.7 Å². The molecule has 2 aromatic rings. The summed E-state index contributed by atoms with van der Waals surface area (Å²) in [6.07, 6.45) is 3.26. The van der Waals surface area contributed by atoms with Gasteiger partial charge in [-0.2, -0.15) is 0 Å². The molecule has 2 aromatic heterocycles. The minimum absolute atomic E-state index is 0.495. The van der Waals surface area contributed by atoms with Crippen molar-refractivity contribution in [2.75, 3.05) is 17.3 Å². The summed E-state index contributed by atoms with van der Waals surface area (Å²) < 4.78 is 0.828. The predicted octanol–water partition coefficient (Wildman–Crippen LogP) is 3.32. The quantitative estimate of drug-likeness (QED) is 0.561. The van der Waals surface area contributed by atoms with Crippen molar-refractivity contribution >= 4 is 34.6 Å². The lowest BCUT2D eigenvalue weighted by Gasteiger charge is -2.13. The number of rotatable bonds is 6. The Morgan fingerprint density at radius 3 is 2.71 bits per heavy atom. The predicted molar refractivity (Wildman–Crippen MR) is 88.1 cm³/mol. The number of halogens is 1. The molecule has 1 fully saturated rings. The first-order valence-electron chi connectivity index (χ1n) is 7.00. The third-order valence-corrected chi connectivity index (χ3v) is 4.83. The van der Waals surface area contributed by atoms with Crippen molar-refractivity contribution in [2.24, 2.45) is 5.84 Å². The number of hydrogen-bond acceptors (Lipinski definition) is 6. The van der Waals surface area contributed by atoms with Gasteiger partial charge >= 0.3 is 0 Å². The number of hydrogen-bond donors (Lipinski definition) is 3. The minimum atomic E-state index is 0.495. The van der Waals surface area contributed by atoms with E-state index in [9.17, 15) is 0 Å². The summed E-state index contributed by atoms with van der Waals surface area (Å²) in [6.45, 7) is 2.78. The molecule has 1 aliphatic carbocycles. The molecule has 0 unspecified atom stereocenters. The van der Waals surface area contributed by atoms with Gasteiger partial charge < -0.3 is 10.7 Å². The molecule has 21 heavy (non-hydrogen) atoms. The van der Waals surface area contributed by atoms with E-state index in [0.29, 0.717) is 11.7 Å². The molecule has 0 aromatic carbocycles. The standard InChI is InChI=1S/C14H18ClN5S/c1-8-12(17-7-6-10-4-5-11(15)21-10)18-14(9-2-3-9)19-13(8)20-16/h4-5,9H,2-3,6-7,16H2,1H3,(H2,17,18,19,20). The van der Waals surface area contributed by atoms with Gasteiger partial charge in [0.25, 0.3) is 0 Å². The van der Waals surface area contributed by atoms with E-state index in [1.54, 1.807) is 11.3 Å². The Labute approximate surface area is 132 Å². The van der Waals surface area contributed by atoms with Gasteiger partial charge in [-0.15, -0.1) is 11.3 Å². The Morgan fingerprint density at radius 1 is 1.33 bits per heavy atom. The highest BCUT2D eigenvalue weighted by atomic mass is 35.5. The van der Waals surface area contributed by atoms with Crippen LogP contribution >= 0.6 is 22.9 Å². The van der Waals surface area contributed by atoms with Crippen LogP contribution in [-0.4, -0.2) is 16.5 Å². The Bertz CT molecular complexity index is 638. The number of hydrazine groups is 1. The van der Waals surface area contributed by atoms with Gasteiger partial charge in [-0.05, 0) is 38.3 Å². The van der Waals surface area contributed by atoms with Crippen molar-refractivity contribution < 1.29 is 0 Å². The summed E-state index contributed by atoms with van der Waals surface area (Å²) in [5.41, 5.74) is 3.61. The zero-order valence-corrected chi connectivity index (χ0v) is 13.4. The van der Waals surface area contributed by atoms with Gasteiger partial charge in [-0.3, -0.25) is 0 Å². The largest absolute Gasteiger partial charge is 0.369 e. The molecule has 0 spiro atoms. The van der Waals surface area contributed by atoms with Crippen LogP contribution in [0, 0.1) is 6.92 Å². The van der Waals surface area contributed by atoms with Crippen LogP contribution in [-0.2, 0) is 6.42 Å². The first kappa shape index (κ1) is 14.6. The van der Waals surface area contributed by atoms with Gasteiger partial charge in [-0.1, -0.05) is 11.6 Å². The fourth-order valence-corrected chi connectivity index (χ4v) is 3.25. The zero-order valence-electron chi connectivity index (χ0n) is 11.8. The average molecular weight is 324 g/mol. The molecular formula is C14H18ClN5S. The Balaban J connectivity index is 1.70. The van der Waals surface area contributed by atoms with Crippen LogP contribution in [0.4, 0.5) is 11.6 Å². The molecule has 3 rings (SSSR count). The molecular weight excluding hydrogens is 306 g/mol. The van der Waals surface area contributed by atoms with Gasteiger partial charge in [0.15, 0.2) is 0 Å². The highest BCUT2D eigenvalue weighted by Crippen LogP contribution is 2.39. The van der Waals surface area contributed by atoms with Crippen molar-refractivity contribution in [3.63, 3.8) is 0 Å². The molecule has 0 radical (unpaired) electrons. The molecule has 4 N–H and O–H groups in total.